The highest BCUT2D eigenvalue weighted by Crippen LogP contribution is 2.28. The summed E-state index contributed by atoms with van der Waals surface area (Å²) in [5.74, 6) is 0.370. The van der Waals surface area contributed by atoms with Gasteiger partial charge in [0.15, 0.2) is 0 Å². The maximum atomic E-state index is 13.1. The zero-order valence-electron chi connectivity index (χ0n) is 16.3. The third-order valence-corrected chi connectivity index (χ3v) is 7.80. The smallest absolute Gasteiger partial charge is 0.243 e. The summed E-state index contributed by atoms with van der Waals surface area (Å²) in [5, 5.41) is 0. The van der Waals surface area contributed by atoms with E-state index in [0.717, 1.165) is 31.4 Å². The van der Waals surface area contributed by atoms with Crippen LogP contribution >= 0.6 is 0 Å². The number of sulfonamides is 1. The van der Waals surface area contributed by atoms with E-state index in [1.807, 2.05) is 11.8 Å². The lowest BCUT2D eigenvalue weighted by molar-refractivity contribution is -0.140. The van der Waals surface area contributed by atoms with E-state index >= 15 is 0 Å². The van der Waals surface area contributed by atoms with E-state index in [-0.39, 0.29) is 24.4 Å². The molecule has 1 aromatic carbocycles. The molecular formula is C20H31N3O3S. The van der Waals surface area contributed by atoms with Crippen LogP contribution < -0.4 is 5.73 Å². The molecule has 0 bridgehead atoms. The second-order valence-electron chi connectivity index (χ2n) is 8.07. The molecule has 7 heteroatoms. The number of nitrogens with two attached hydrogens (primary N) is 1. The molecule has 0 spiro atoms. The molecular weight excluding hydrogens is 362 g/mol. The first-order valence-electron chi connectivity index (χ1n) is 9.90. The third kappa shape index (κ3) is 4.36. The van der Waals surface area contributed by atoms with Crippen molar-refractivity contribution in [1.29, 1.82) is 0 Å². The van der Waals surface area contributed by atoms with E-state index in [1.165, 1.54) is 4.31 Å². The Morgan fingerprint density at radius 3 is 2.56 bits per heavy atom. The second-order valence-corrected chi connectivity index (χ2v) is 10.0. The van der Waals surface area contributed by atoms with Crippen molar-refractivity contribution in [3.63, 3.8) is 0 Å². The lowest BCUT2D eigenvalue weighted by Gasteiger charge is -2.41. The Labute approximate surface area is 162 Å². The first kappa shape index (κ1) is 20.3. The summed E-state index contributed by atoms with van der Waals surface area (Å²) in [6.45, 7) is 6.05. The maximum absolute atomic E-state index is 13.1. The van der Waals surface area contributed by atoms with Crippen molar-refractivity contribution in [2.75, 3.05) is 26.2 Å². The number of benzene rings is 1. The SMILES string of the molecule is Cc1ccc(S(=O)(=O)N2CCCC(C(=O)N3CCC(C)CC3CN)C2)cc1. The second kappa shape index (κ2) is 8.29. The van der Waals surface area contributed by atoms with Gasteiger partial charge in [0.1, 0.15) is 0 Å². The Hall–Kier alpha value is -1.44. The number of carbonyl (C=O) groups excluding carboxylic acids is 1. The highest BCUT2D eigenvalue weighted by Gasteiger charge is 2.38. The summed E-state index contributed by atoms with van der Waals surface area (Å²) in [4.78, 5) is 15.3. The summed E-state index contributed by atoms with van der Waals surface area (Å²) in [5.41, 5.74) is 6.93. The fraction of sp³-hybridized carbons (Fsp3) is 0.650. The Morgan fingerprint density at radius 2 is 1.89 bits per heavy atom. The molecule has 3 atom stereocenters. The molecule has 1 amide bonds. The first-order chi connectivity index (χ1) is 12.8. The Balaban J connectivity index is 1.73. The number of hydrogen-bond acceptors (Lipinski definition) is 4. The van der Waals surface area contributed by atoms with Crippen molar-refractivity contribution in [1.82, 2.24) is 9.21 Å². The summed E-state index contributed by atoms with van der Waals surface area (Å²) < 4.78 is 27.5. The summed E-state index contributed by atoms with van der Waals surface area (Å²) in [6.07, 6.45) is 3.36. The van der Waals surface area contributed by atoms with Crippen molar-refractivity contribution in [2.45, 2.75) is 50.5 Å². The van der Waals surface area contributed by atoms with Gasteiger partial charge in [0.25, 0.3) is 0 Å². The predicted octanol–water partition coefficient (Wildman–Crippen LogP) is 1.98. The Kier molecular flexibility index (Phi) is 6.23. The third-order valence-electron chi connectivity index (χ3n) is 5.93. The van der Waals surface area contributed by atoms with E-state index in [4.69, 9.17) is 5.73 Å². The van der Waals surface area contributed by atoms with Crippen molar-refractivity contribution < 1.29 is 13.2 Å². The fourth-order valence-corrected chi connectivity index (χ4v) is 5.75. The van der Waals surface area contributed by atoms with Crippen molar-refractivity contribution in [3.05, 3.63) is 29.8 Å². The van der Waals surface area contributed by atoms with Gasteiger partial charge in [0.2, 0.25) is 15.9 Å². The Bertz CT molecular complexity index is 763. The standard InChI is InChI=1S/C20H31N3O3S/c1-15-5-7-19(8-6-15)27(25,26)22-10-3-4-17(14-22)20(24)23-11-9-16(2)12-18(23)13-21/h5-8,16-18H,3-4,9-14,21H2,1-2H3. The number of likely N-dealkylation sites (tertiary alicyclic amines) is 1. The molecule has 27 heavy (non-hydrogen) atoms. The zero-order valence-corrected chi connectivity index (χ0v) is 17.1. The normalized spacial score (nSPS) is 27.5. The van der Waals surface area contributed by atoms with Gasteiger partial charge in [-0.3, -0.25) is 4.79 Å². The van der Waals surface area contributed by atoms with Crippen LogP contribution in [-0.2, 0) is 14.8 Å². The topological polar surface area (TPSA) is 83.7 Å². The molecule has 2 N–H and O–H groups in total. The lowest BCUT2D eigenvalue weighted by atomic mass is 9.90. The van der Waals surface area contributed by atoms with E-state index in [2.05, 4.69) is 6.92 Å². The lowest BCUT2D eigenvalue weighted by Crippen LogP contribution is -2.54. The van der Waals surface area contributed by atoms with E-state index in [1.54, 1.807) is 24.3 Å². The number of nitrogens with zero attached hydrogens (tertiary/aromatic N) is 2. The van der Waals surface area contributed by atoms with Gasteiger partial charge in [-0.05, 0) is 50.7 Å². The van der Waals surface area contributed by atoms with Crippen molar-refractivity contribution in [2.24, 2.45) is 17.6 Å². The highest BCUT2D eigenvalue weighted by atomic mass is 32.2. The summed E-state index contributed by atoms with van der Waals surface area (Å²) in [7, 11) is -3.57. The van der Waals surface area contributed by atoms with Gasteiger partial charge >= 0.3 is 0 Å². The average molecular weight is 394 g/mol. The van der Waals surface area contributed by atoms with Crippen LogP contribution in [0.15, 0.2) is 29.2 Å². The van der Waals surface area contributed by atoms with E-state index in [9.17, 15) is 13.2 Å². The van der Waals surface area contributed by atoms with E-state index < -0.39 is 10.0 Å². The van der Waals surface area contributed by atoms with Crippen LogP contribution in [0.4, 0.5) is 0 Å². The molecule has 0 radical (unpaired) electrons. The highest BCUT2D eigenvalue weighted by molar-refractivity contribution is 7.89. The molecule has 3 unspecified atom stereocenters. The van der Waals surface area contributed by atoms with Crippen LogP contribution in [-0.4, -0.2) is 55.8 Å². The largest absolute Gasteiger partial charge is 0.338 e. The molecule has 0 aromatic heterocycles. The van der Waals surface area contributed by atoms with Crippen LogP contribution in [0.25, 0.3) is 0 Å². The molecule has 2 heterocycles. The molecule has 2 aliphatic rings. The number of aryl methyl sites for hydroxylation is 1. The molecule has 2 fully saturated rings. The molecule has 6 nitrogen and oxygen atoms in total. The molecule has 150 valence electrons. The molecule has 3 rings (SSSR count). The molecule has 0 aliphatic carbocycles. The quantitative estimate of drug-likeness (QED) is 0.848. The molecule has 2 aliphatic heterocycles. The van der Waals surface area contributed by atoms with Crippen molar-refractivity contribution >= 4 is 15.9 Å². The zero-order chi connectivity index (χ0) is 19.6. The van der Waals surface area contributed by atoms with Gasteiger partial charge < -0.3 is 10.6 Å². The molecule has 0 saturated carbocycles. The summed E-state index contributed by atoms with van der Waals surface area (Å²) >= 11 is 0. The van der Waals surface area contributed by atoms with Crippen LogP contribution in [0.1, 0.15) is 38.2 Å². The number of carbonyl (C=O) groups is 1. The van der Waals surface area contributed by atoms with Gasteiger partial charge in [0, 0.05) is 32.2 Å². The predicted molar refractivity (Wildman–Crippen MR) is 106 cm³/mol. The number of hydrogen-bond donors (Lipinski definition) is 1. The first-order valence-corrected chi connectivity index (χ1v) is 11.3. The minimum absolute atomic E-state index is 0.0705. The van der Waals surface area contributed by atoms with E-state index in [0.29, 0.717) is 30.3 Å². The number of amides is 1. The van der Waals surface area contributed by atoms with Crippen LogP contribution in [0.5, 0.6) is 0 Å². The van der Waals surface area contributed by atoms with Gasteiger partial charge in [-0.1, -0.05) is 24.6 Å². The van der Waals surface area contributed by atoms with Crippen LogP contribution in [0.2, 0.25) is 0 Å². The van der Waals surface area contributed by atoms with Gasteiger partial charge in [0.05, 0.1) is 10.8 Å². The molecule has 1 aromatic rings. The minimum Gasteiger partial charge on any atom is -0.338 e. The Morgan fingerprint density at radius 1 is 1.19 bits per heavy atom. The van der Waals surface area contributed by atoms with Crippen LogP contribution in [0, 0.1) is 18.8 Å². The van der Waals surface area contributed by atoms with Gasteiger partial charge in [-0.25, -0.2) is 8.42 Å². The average Bonchev–Trinajstić information content (AvgIpc) is 2.67. The summed E-state index contributed by atoms with van der Waals surface area (Å²) in [6, 6.07) is 6.98. The van der Waals surface area contributed by atoms with Crippen LogP contribution in [0.3, 0.4) is 0 Å². The molecule has 2 saturated heterocycles. The van der Waals surface area contributed by atoms with Gasteiger partial charge in [-0.15, -0.1) is 0 Å². The number of rotatable bonds is 4. The van der Waals surface area contributed by atoms with Crippen molar-refractivity contribution in [3.8, 4) is 0 Å². The monoisotopic (exact) mass is 393 g/mol. The maximum Gasteiger partial charge on any atom is 0.243 e. The van der Waals surface area contributed by atoms with Gasteiger partial charge in [-0.2, -0.15) is 4.31 Å². The number of piperidine rings is 2. The fourth-order valence-electron chi connectivity index (χ4n) is 4.22. The minimum atomic E-state index is -3.57.